The van der Waals surface area contributed by atoms with Gasteiger partial charge in [-0.1, -0.05) is 11.6 Å². The van der Waals surface area contributed by atoms with E-state index in [4.69, 9.17) is 21.1 Å². The maximum absolute atomic E-state index is 12.5. The molecule has 0 radical (unpaired) electrons. The molecule has 0 spiro atoms. The van der Waals surface area contributed by atoms with Gasteiger partial charge in [0.1, 0.15) is 11.5 Å². The number of fused-ring (bicyclic) bond motifs is 1. The van der Waals surface area contributed by atoms with Crippen LogP contribution < -0.4 is 9.47 Å². The number of allylic oxidation sites excluding steroid dienone is 1. The van der Waals surface area contributed by atoms with Crippen LogP contribution in [-0.4, -0.2) is 11.8 Å². The van der Waals surface area contributed by atoms with Crippen LogP contribution in [0.2, 0.25) is 5.02 Å². The minimum Gasteiger partial charge on any atom is -0.452 e. The van der Waals surface area contributed by atoms with Crippen molar-refractivity contribution in [3.05, 3.63) is 86.3 Å². The molecule has 4 nitrogen and oxygen atoms in total. The molecule has 1 aliphatic heterocycles. The first-order chi connectivity index (χ1) is 13.0. The largest absolute Gasteiger partial charge is 0.452 e. The minimum absolute atomic E-state index is 0.187. The van der Waals surface area contributed by atoms with Gasteiger partial charge >= 0.3 is 5.97 Å². The van der Waals surface area contributed by atoms with E-state index in [1.807, 2.05) is 18.4 Å². The van der Waals surface area contributed by atoms with Crippen LogP contribution in [0.1, 0.15) is 31.2 Å². The Bertz CT molecular complexity index is 1080. The number of rotatable bonds is 3. The van der Waals surface area contributed by atoms with Crippen molar-refractivity contribution in [1.29, 1.82) is 0 Å². The first kappa shape index (κ1) is 17.5. The van der Waals surface area contributed by atoms with Crippen molar-refractivity contribution >= 4 is 40.8 Å². The molecule has 6 heteroatoms. The Hall–Kier alpha value is -2.89. The lowest BCUT2D eigenvalue weighted by atomic mass is 10.1. The average molecular weight is 397 g/mol. The van der Waals surface area contributed by atoms with Gasteiger partial charge in [0.05, 0.1) is 11.1 Å². The quantitative estimate of drug-likeness (QED) is 0.331. The molecule has 2 aromatic carbocycles. The fourth-order valence-corrected chi connectivity index (χ4v) is 3.61. The van der Waals surface area contributed by atoms with E-state index >= 15 is 0 Å². The lowest BCUT2D eigenvalue weighted by Gasteiger charge is -2.05. The van der Waals surface area contributed by atoms with E-state index in [0.717, 1.165) is 10.4 Å². The van der Waals surface area contributed by atoms with Gasteiger partial charge in [0.15, 0.2) is 5.76 Å². The second kappa shape index (κ2) is 7.02. The molecular weight excluding hydrogens is 384 g/mol. The Balaban J connectivity index is 1.56. The predicted octanol–water partition coefficient (Wildman–Crippen LogP) is 5.55. The highest BCUT2D eigenvalue weighted by Crippen LogP contribution is 2.35. The number of ketones is 1. The molecule has 0 bridgehead atoms. The molecule has 0 amide bonds. The molecule has 134 valence electrons. The molecule has 0 fully saturated rings. The maximum Gasteiger partial charge on any atom is 0.343 e. The highest BCUT2D eigenvalue weighted by Gasteiger charge is 2.28. The molecule has 0 unspecified atom stereocenters. The zero-order valence-corrected chi connectivity index (χ0v) is 15.8. The van der Waals surface area contributed by atoms with Crippen molar-refractivity contribution in [2.24, 2.45) is 0 Å². The van der Waals surface area contributed by atoms with Crippen molar-refractivity contribution in [3.8, 4) is 11.5 Å². The Kier molecular flexibility index (Phi) is 4.56. The molecule has 4 rings (SSSR count). The van der Waals surface area contributed by atoms with E-state index in [9.17, 15) is 9.59 Å². The van der Waals surface area contributed by atoms with Gasteiger partial charge in [-0.15, -0.1) is 11.3 Å². The Morgan fingerprint density at radius 3 is 2.63 bits per heavy atom. The predicted molar refractivity (Wildman–Crippen MR) is 105 cm³/mol. The summed E-state index contributed by atoms with van der Waals surface area (Å²) in [6, 6.07) is 13.1. The second-order valence-corrected chi connectivity index (χ2v) is 7.35. The molecule has 0 N–H and O–H groups in total. The molecule has 0 aliphatic carbocycles. The molecule has 0 atom stereocenters. The smallest absolute Gasteiger partial charge is 0.343 e. The zero-order chi connectivity index (χ0) is 19.0. The highest BCUT2D eigenvalue weighted by atomic mass is 35.5. The van der Waals surface area contributed by atoms with Crippen LogP contribution in [0.5, 0.6) is 11.5 Å². The van der Waals surface area contributed by atoms with Gasteiger partial charge < -0.3 is 9.47 Å². The molecule has 2 heterocycles. The van der Waals surface area contributed by atoms with E-state index in [1.165, 1.54) is 11.3 Å². The van der Waals surface area contributed by atoms with Gasteiger partial charge in [0.25, 0.3) is 0 Å². The van der Waals surface area contributed by atoms with Crippen molar-refractivity contribution in [1.82, 2.24) is 0 Å². The van der Waals surface area contributed by atoms with Gasteiger partial charge in [-0.25, -0.2) is 4.79 Å². The lowest BCUT2D eigenvalue weighted by Crippen LogP contribution is -2.08. The van der Waals surface area contributed by atoms with Crippen molar-refractivity contribution in [2.45, 2.75) is 6.92 Å². The first-order valence-corrected chi connectivity index (χ1v) is 9.37. The molecular formula is C21H13ClO4S. The van der Waals surface area contributed by atoms with Crippen molar-refractivity contribution in [3.63, 3.8) is 0 Å². The Morgan fingerprint density at radius 2 is 1.93 bits per heavy atom. The number of ether oxygens (including phenoxy) is 2. The molecule has 1 aromatic heterocycles. The number of hydrogen-bond donors (Lipinski definition) is 0. The van der Waals surface area contributed by atoms with E-state index in [2.05, 4.69) is 0 Å². The SMILES string of the molecule is Cc1ccsc1/C=C1\Oc2cc(OC(=O)c3ccc(Cl)cc3)ccc2C1=O. The molecule has 3 aromatic rings. The second-order valence-electron chi connectivity index (χ2n) is 5.96. The summed E-state index contributed by atoms with van der Waals surface area (Å²) in [6.45, 7) is 1.98. The van der Waals surface area contributed by atoms with Crippen LogP contribution in [0.3, 0.4) is 0 Å². The average Bonchev–Trinajstić information content (AvgIpc) is 3.19. The van der Waals surface area contributed by atoms with Gasteiger partial charge in [-0.3, -0.25) is 4.79 Å². The van der Waals surface area contributed by atoms with E-state index < -0.39 is 5.97 Å². The summed E-state index contributed by atoms with van der Waals surface area (Å²) < 4.78 is 11.1. The summed E-state index contributed by atoms with van der Waals surface area (Å²) >= 11 is 7.36. The topological polar surface area (TPSA) is 52.6 Å². The van der Waals surface area contributed by atoms with Crippen LogP contribution in [0.25, 0.3) is 6.08 Å². The van der Waals surface area contributed by atoms with E-state index in [0.29, 0.717) is 27.6 Å². The summed E-state index contributed by atoms with van der Waals surface area (Å²) in [5.74, 6) is 0.239. The number of Topliss-reactive ketones (excluding diaryl/α,β-unsaturated/α-hetero) is 1. The number of carbonyl (C=O) groups is 2. The number of thiophene rings is 1. The van der Waals surface area contributed by atoms with Gasteiger partial charge in [-0.05, 0) is 60.3 Å². The summed E-state index contributed by atoms with van der Waals surface area (Å²) in [6.07, 6.45) is 1.74. The summed E-state index contributed by atoms with van der Waals surface area (Å²) in [7, 11) is 0. The lowest BCUT2D eigenvalue weighted by molar-refractivity contribution is 0.0734. The first-order valence-electron chi connectivity index (χ1n) is 8.11. The van der Waals surface area contributed by atoms with Gasteiger partial charge in [-0.2, -0.15) is 0 Å². The third kappa shape index (κ3) is 3.52. The fourth-order valence-electron chi connectivity index (χ4n) is 2.63. The van der Waals surface area contributed by atoms with Crippen LogP contribution in [0, 0.1) is 6.92 Å². The maximum atomic E-state index is 12.5. The Morgan fingerprint density at radius 1 is 1.15 bits per heavy atom. The molecule has 27 heavy (non-hydrogen) atoms. The number of hydrogen-bond acceptors (Lipinski definition) is 5. The van der Waals surface area contributed by atoms with Crippen molar-refractivity contribution < 1.29 is 19.1 Å². The summed E-state index contributed by atoms with van der Waals surface area (Å²) in [5.41, 5.74) is 1.91. The third-order valence-corrected chi connectivity index (χ3v) is 5.31. The number of esters is 1. The van der Waals surface area contributed by atoms with Crippen LogP contribution in [0.15, 0.2) is 59.7 Å². The highest BCUT2D eigenvalue weighted by molar-refractivity contribution is 7.11. The van der Waals surface area contributed by atoms with Crippen molar-refractivity contribution in [2.75, 3.05) is 0 Å². The monoisotopic (exact) mass is 396 g/mol. The number of aryl methyl sites for hydroxylation is 1. The summed E-state index contributed by atoms with van der Waals surface area (Å²) in [5, 5.41) is 2.50. The molecule has 0 saturated carbocycles. The normalized spacial score (nSPS) is 14.1. The fraction of sp³-hybridized carbons (Fsp3) is 0.0476. The van der Waals surface area contributed by atoms with Crippen LogP contribution in [0.4, 0.5) is 0 Å². The summed E-state index contributed by atoms with van der Waals surface area (Å²) in [4.78, 5) is 25.7. The number of benzene rings is 2. The zero-order valence-electron chi connectivity index (χ0n) is 14.2. The standard InChI is InChI=1S/C21H13ClO4S/c1-12-8-9-27-19(12)11-18-20(23)16-7-6-15(10-17(16)26-18)25-21(24)13-2-4-14(22)5-3-13/h2-11H,1H3/b18-11-. The number of carbonyl (C=O) groups excluding carboxylic acids is 2. The number of halogens is 1. The van der Waals surface area contributed by atoms with Gasteiger partial charge in [0.2, 0.25) is 5.78 Å². The van der Waals surface area contributed by atoms with Gasteiger partial charge in [0, 0.05) is 22.0 Å². The van der Waals surface area contributed by atoms with E-state index in [1.54, 1.807) is 48.5 Å². The minimum atomic E-state index is -0.513. The van der Waals surface area contributed by atoms with Crippen LogP contribution >= 0.6 is 22.9 Å². The third-order valence-electron chi connectivity index (χ3n) is 4.10. The molecule has 1 aliphatic rings. The van der Waals surface area contributed by atoms with Crippen LogP contribution in [-0.2, 0) is 0 Å². The molecule has 0 saturated heterocycles. The Labute approximate surface area is 164 Å². The van der Waals surface area contributed by atoms with E-state index in [-0.39, 0.29) is 11.5 Å².